The first-order valence-electron chi connectivity index (χ1n) is 6.44. The lowest BCUT2D eigenvalue weighted by Crippen LogP contribution is -2.35. The average Bonchev–Trinajstić information content (AvgIpc) is 3.14. The van der Waals surface area contributed by atoms with Crippen molar-refractivity contribution in [1.29, 1.82) is 0 Å². The number of thioether (sulfide) groups is 1. The normalized spacial score (nSPS) is 14.2. The molecule has 1 saturated heterocycles. The van der Waals surface area contributed by atoms with E-state index in [1.165, 1.54) is 4.90 Å². The highest BCUT2D eigenvalue weighted by molar-refractivity contribution is 9.10. The standard InChI is InChI=1S/C13H11BrN4O3S/c14-9-3-1-2-8(6-9)11-16-17-13(21-11)22-7-10(19)18-5-4-15-12(18)20/h1-3,6H,4-5,7H2,(H,15,20). The summed E-state index contributed by atoms with van der Waals surface area (Å²) in [5, 5.41) is 10.7. The highest BCUT2D eigenvalue weighted by atomic mass is 79.9. The Labute approximate surface area is 138 Å². The Morgan fingerprint density at radius 2 is 2.32 bits per heavy atom. The van der Waals surface area contributed by atoms with Gasteiger partial charge < -0.3 is 9.73 Å². The van der Waals surface area contributed by atoms with Gasteiger partial charge in [-0.2, -0.15) is 0 Å². The summed E-state index contributed by atoms with van der Waals surface area (Å²) in [6.07, 6.45) is 0. The summed E-state index contributed by atoms with van der Waals surface area (Å²) < 4.78 is 6.42. The average molecular weight is 383 g/mol. The molecule has 2 aromatic rings. The van der Waals surface area contributed by atoms with Crippen LogP contribution in [0.4, 0.5) is 4.79 Å². The van der Waals surface area contributed by atoms with Crippen LogP contribution in [0.15, 0.2) is 38.4 Å². The van der Waals surface area contributed by atoms with Crippen LogP contribution < -0.4 is 5.32 Å². The van der Waals surface area contributed by atoms with Crippen molar-refractivity contribution >= 4 is 39.6 Å². The van der Waals surface area contributed by atoms with Crippen molar-refractivity contribution in [1.82, 2.24) is 20.4 Å². The molecule has 0 bridgehead atoms. The summed E-state index contributed by atoms with van der Waals surface area (Å²) in [6, 6.07) is 7.13. The quantitative estimate of drug-likeness (QED) is 0.814. The van der Waals surface area contributed by atoms with Crippen molar-refractivity contribution < 1.29 is 14.0 Å². The van der Waals surface area contributed by atoms with Crippen LogP contribution in [0.2, 0.25) is 0 Å². The van der Waals surface area contributed by atoms with E-state index in [-0.39, 0.29) is 17.7 Å². The number of carbonyl (C=O) groups is 2. The molecule has 1 aliphatic rings. The maximum Gasteiger partial charge on any atom is 0.324 e. The van der Waals surface area contributed by atoms with E-state index >= 15 is 0 Å². The number of hydrogen-bond acceptors (Lipinski definition) is 6. The van der Waals surface area contributed by atoms with Crippen molar-refractivity contribution in [3.8, 4) is 11.5 Å². The topological polar surface area (TPSA) is 88.3 Å². The summed E-state index contributed by atoms with van der Waals surface area (Å²) in [7, 11) is 0. The molecule has 1 aromatic carbocycles. The molecular formula is C13H11BrN4O3S. The van der Waals surface area contributed by atoms with Crippen LogP contribution in [-0.2, 0) is 4.79 Å². The number of benzene rings is 1. The smallest absolute Gasteiger partial charge is 0.324 e. The Morgan fingerprint density at radius 1 is 1.45 bits per heavy atom. The van der Waals surface area contributed by atoms with E-state index in [0.29, 0.717) is 24.2 Å². The molecule has 0 radical (unpaired) electrons. The third-order valence-corrected chi connectivity index (χ3v) is 4.25. The number of rotatable bonds is 4. The minimum absolute atomic E-state index is 0.0769. The Kier molecular flexibility index (Phi) is 4.44. The van der Waals surface area contributed by atoms with Gasteiger partial charge in [0.05, 0.1) is 5.75 Å². The highest BCUT2D eigenvalue weighted by Crippen LogP contribution is 2.25. The zero-order valence-corrected chi connectivity index (χ0v) is 13.7. The maximum absolute atomic E-state index is 11.9. The zero-order chi connectivity index (χ0) is 15.5. The lowest BCUT2D eigenvalue weighted by molar-refractivity contribution is -0.124. The van der Waals surface area contributed by atoms with E-state index in [0.717, 1.165) is 21.8 Å². The van der Waals surface area contributed by atoms with Crippen LogP contribution in [-0.4, -0.2) is 45.9 Å². The Hall–Kier alpha value is -1.87. The molecule has 0 spiro atoms. The summed E-state index contributed by atoms with van der Waals surface area (Å²) in [6.45, 7) is 0.883. The van der Waals surface area contributed by atoms with E-state index in [9.17, 15) is 9.59 Å². The monoisotopic (exact) mass is 382 g/mol. The molecule has 22 heavy (non-hydrogen) atoms. The molecular weight excluding hydrogens is 372 g/mol. The van der Waals surface area contributed by atoms with Crippen molar-refractivity contribution in [2.45, 2.75) is 5.22 Å². The minimum atomic E-state index is -0.356. The third kappa shape index (κ3) is 3.30. The molecule has 3 rings (SSSR count). The summed E-state index contributed by atoms with van der Waals surface area (Å²) >= 11 is 4.49. The molecule has 0 saturated carbocycles. The van der Waals surface area contributed by atoms with Crippen LogP contribution in [0.5, 0.6) is 0 Å². The van der Waals surface area contributed by atoms with Gasteiger partial charge >= 0.3 is 6.03 Å². The molecule has 0 aliphatic carbocycles. The fourth-order valence-corrected chi connectivity index (χ4v) is 2.96. The fraction of sp³-hybridized carbons (Fsp3) is 0.231. The fourth-order valence-electron chi connectivity index (χ4n) is 1.92. The van der Waals surface area contributed by atoms with Crippen molar-refractivity contribution in [3.63, 3.8) is 0 Å². The van der Waals surface area contributed by atoms with Gasteiger partial charge in [0.2, 0.25) is 11.8 Å². The van der Waals surface area contributed by atoms with Gasteiger partial charge in [0, 0.05) is 23.1 Å². The van der Waals surface area contributed by atoms with Gasteiger partial charge in [-0.15, -0.1) is 10.2 Å². The molecule has 114 valence electrons. The number of aromatic nitrogens is 2. The summed E-state index contributed by atoms with van der Waals surface area (Å²) in [4.78, 5) is 24.5. The predicted molar refractivity (Wildman–Crippen MR) is 83.3 cm³/mol. The second kappa shape index (κ2) is 6.49. The van der Waals surface area contributed by atoms with Crippen LogP contribution in [0.25, 0.3) is 11.5 Å². The molecule has 0 unspecified atom stereocenters. The molecule has 9 heteroatoms. The summed E-state index contributed by atoms with van der Waals surface area (Å²) in [5.74, 6) is 0.186. The van der Waals surface area contributed by atoms with Gasteiger partial charge in [-0.3, -0.25) is 9.69 Å². The number of halogens is 1. The number of nitrogens with zero attached hydrogens (tertiary/aromatic N) is 3. The first kappa shape index (κ1) is 15.0. The van der Waals surface area contributed by atoms with Crippen LogP contribution in [0, 0.1) is 0 Å². The molecule has 3 amide bonds. The lowest BCUT2D eigenvalue weighted by Gasteiger charge is -2.10. The van der Waals surface area contributed by atoms with E-state index in [1.807, 2.05) is 24.3 Å². The lowest BCUT2D eigenvalue weighted by atomic mass is 10.2. The van der Waals surface area contributed by atoms with Gasteiger partial charge in [0.25, 0.3) is 5.22 Å². The first-order valence-corrected chi connectivity index (χ1v) is 8.22. The van der Waals surface area contributed by atoms with E-state index in [2.05, 4.69) is 31.4 Å². The predicted octanol–water partition coefficient (Wildman–Crippen LogP) is 2.14. The van der Waals surface area contributed by atoms with Gasteiger partial charge in [-0.05, 0) is 18.2 Å². The SMILES string of the molecule is O=C(CSc1nnc(-c2cccc(Br)c2)o1)N1CCNC1=O. The molecule has 7 nitrogen and oxygen atoms in total. The van der Waals surface area contributed by atoms with Gasteiger partial charge in [-0.1, -0.05) is 33.8 Å². The second-order valence-corrected chi connectivity index (χ2v) is 6.29. The van der Waals surface area contributed by atoms with Gasteiger partial charge in [0.15, 0.2) is 0 Å². The zero-order valence-electron chi connectivity index (χ0n) is 11.3. The second-order valence-electron chi connectivity index (χ2n) is 4.45. The van der Waals surface area contributed by atoms with Crippen LogP contribution in [0.3, 0.4) is 0 Å². The molecule has 1 N–H and O–H groups in total. The van der Waals surface area contributed by atoms with E-state index in [4.69, 9.17) is 4.42 Å². The maximum atomic E-state index is 11.9. The van der Waals surface area contributed by atoms with Gasteiger partial charge in [0.1, 0.15) is 0 Å². The number of nitrogens with one attached hydrogen (secondary N) is 1. The Morgan fingerprint density at radius 3 is 3.05 bits per heavy atom. The third-order valence-electron chi connectivity index (χ3n) is 2.95. The molecule has 0 atom stereocenters. The van der Waals surface area contributed by atoms with E-state index < -0.39 is 0 Å². The number of hydrogen-bond donors (Lipinski definition) is 1. The number of amides is 3. The van der Waals surface area contributed by atoms with E-state index in [1.54, 1.807) is 0 Å². The number of carbonyl (C=O) groups excluding carboxylic acids is 2. The van der Waals surface area contributed by atoms with Gasteiger partial charge in [-0.25, -0.2) is 4.79 Å². The van der Waals surface area contributed by atoms with Crippen LogP contribution >= 0.6 is 27.7 Å². The van der Waals surface area contributed by atoms with Crippen molar-refractivity contribution in [2.75, 3.05) is 18.8 Å². The van der Waals surface area contributed by atoms with Crippen molar-refractivity contribution in [3.05, 3.63) is 28.7 Å². The highest BCUT2D eigenvalue weighted by Gasteiger charge is 2.26. The van der Waals surface area contributed by atoms with Crippen LogP contribution in [0.1, 0.15) is 0 Å². The Balaban J connectivity index is 1.62. The molecule has 1 aliphatic heterocycles. The number of imide groups is 1. The molecule has 1 aromatic heterocycles. The van der Waals surface area contributed by atoms with Crippen molar-refractivity contribution in [2.24, 2.45) is 0 Å². The summed E-state index contributed by atoms with van der Waals surface area (Å²) in [5.41, 5.74) is 0.791. The molecule has 1 fully saturated rings. The first-order chi connectivity index (χ1) is 10.6. The largest absolute Gasteiger partial charge is 0.411 e. The Bertz CT molecular complexity index is 721. The molecule has 2 heterocycles. The number of urea groups is 1. The minimum Gasteiger partial charge on any atom is -0.411 e.